The summed E-state index contributed by atoms with van der Waals surface area (Å²) >= 11 is 9.29. The molecule has 0 aliphatic carbocycles. The first kappa shape index (κ1) is 15.9. The molecule has 0 radical (unpaired) electrons. The molecule has 1 fully saturated rings. The highest BCUT2D eigenvalue weighted by molar-refractivity contribution is 9.10. The molecule has 1 saturated heterocycles. The lowest BCUT2D eigenvalue weighted by Gasteiger charge is -2.33. The van der Waals surface area contributed by atoms with Crippen LogP contribution in [0.4, 0.5) is 18.9 Å². The lowest BCUT2D eigenvalue weighted by Crippen LogP contribution is -2.43. The molecular weight excluding hydrogens is 357 g/mol. The normalized spacial score (nSPS) is 18.2. The molecule has 20 heavy (non-hydrogen) atoms. The minimum atomic E-state index is -4.11. The van der Waals surface area contributed by atoms with Crippen LogP contribution in [0, 0.1) is 0 Å². The molecular formula is C13H15BrClF3N2. The summed E-state index contributed by atoms with van der Waals surface area (Å²) in [6.07, 6.45) is -2.71. The number of nitrogens with zero attached hydrogens (tertiary/aromatic N) is 1. The van der Waals surface area contributed by atoms with Gasteiger partial charge in [0.05, 0.1) is 6.54 Å². The monoisotopic (exact) mass is 370 g/mol. The maximum absolute atomic E-state index is 12.3. The van der Waals surface area contributed by atoms with E-state index in [9.17, 15) is 13.2 Å². The van der Waals surface area contributed by atoms with Crippen molar-refractivity contribution in [2.75, 3.05) is 25.0 Å². The highest BCUT2D eigenvalue weighted by atomic mass is 79.9. The summed E-state index contributed by atoms with van der Waals surface area (Å²) in [5.74, 6) is 0. The smallest absolute Gasteiger partial charge is 0.381 e. The van der Waals surface area contributed by atoms with Crippen molar-refractivity contribution < 1.29 is 13.2 Å². The van der Waals surface area contributed by atoms with E-state index in [0.717, 1.165) is 10.2 Å². The van der Waals surface area contributed by atoms with Gasteiger partial charge in [-0.3, -0.25) is 4.90 Å². The molecule has 0 bridgehead atoms. The van der Waals surface area contributed by atoms with E-state index >= 15 is 0 Å². The summed E-state index contributed by atoms with van der Waals surface area (Å²) in [6, 6.07) is 5.64. The molecule has 0 amide bonds. The molecule has 1 aromatic carbocycles. The molecule has 0 unspecified atom stereocenters. The zero-order valence-electron chi connectivity index (χ0n) is 10.7. The number of nitrogens with one attached hydrogen (secondary N) is 1. The second-order valence-electron chi connectivity index (χ2n) is 4.93. The third kappa shape index (κ3) is 4.82. The number of hydrogen-bond acceptors (Lipinski definition) is 2. The summed E-state index contributed by atoms with van der Waals surface area (Å²) in [4.78, 5) is 1.45. The third-order valence-electron chi connectivity index (χ3n) is 3.28. The van der Waals surface area contributed by atoms with Gasteiger partial charge in [0, 0.05) is 34.3 Å². The van der Waals surface area contributed by atoms with Crippen LogP contribution in [0.25, 0.3) is 0 Å². The lowest BCUT2D eigenvalue weighted by atomic mass is 10.0. The van der Waals surface area contributed by atoms with Crippen LogP contribution >= 0.6 is 27.5 Å². The van der Waals surface area contributed by atoms with Crippen molar-refractivity contribution in [2.24, 2.45) is 0 Å². The first-order valence-corrected chi connectivity index (χ1v) is 7.51. The van der Waals surface area contributed by atoms with E-state index in [1.807, 2.05) is 6.07 Å². The number of halogens is 5. The van der Waals surface area contributed by atoms with E-state index in [1.54, 1.807) is 12.1 Å². The Morgan fingerprint density at radius 1 is 1.30 bits per heavy atom. The number of hydrogen-bond donors (Lipinski definition) is 1. The molecule has 0 spiro atoms. The standard InChI is InChI=1S/C13H15BrClF3N2/c14-11-7-9(15)1-2-12(11)19-10-3-5-20(6-4-10)8-13(16,17)18/h1-2,7,10,19H,3-6,8H2. The molecule has 1 heterocycles. The molecule has 2 rings (SSSR count). The second kappa shape index (κ2) is 6.54. The Balaban J connectivity index is 1.85. The van der Waals surface area contributed by atoms with Crippen molar-refractivity contribution in [3.63, 3.8) is 0 Å². The number of alkyl halides is 3. The van der Waals surface area contributed by atoms with Gasteiger partial charge >= 0.3 is 6.18 Å². The molecule has 2 nitrogen and oxygen atoms in total. The van der Waals surface area contributed by atoms with Crippen LogP contribution in [-0.2, 0) is 0 Å². The first-order valence-electron chi connectivity index (χ1n) is 6.34. The molecule has 1 aromatic rings. The number of likely N-dealkylation sites (tertiary alicyclic amines) is 1. The summed E-state index contributed by atoms with van der Waals surface area (Å²) < 4.78 is 37.8. The number of piperidine rings is 1. The number of rotatable bonds is 3. The van der Waals surface area contributed by atoms with Gasteiger partial charge in [-0.1, -0.05) is 11.6 Å². The minimum absolute atomic E-state index is 0.192. The van der Waals surface area contributed by atoms with E-state index in [2.05, 4.69) is 21.2 Å². The first-order chi connectivity index (χ1) is 9.33. The third-order valence-corrected chi connectivity index (χ3v) is 4.17. The Kier molecular flexibility index (Phi) is 5.20. The molecule has 0 saturated carbocycles. The van der Waals surface area contributed by atoms with Crippen molar-refractivity contribution >= 4 is 33.2 Å². The fourth-order valence-corrected chi connectivity index (χ4v) is 3.11. The van der Waals surface area contributed by atoms with Crippen LogP contribution in [0.5, 0.6) is 0 Å². The fourth-order valence-electron chi connectivity index (χ4n) is 2.32. The summed E-state index contributed by atoms with van der Waals surface area (Å²) in [5, 5.41) is 3.99. The van der Waals surface area contributed by atoms with Gasteiger partial charge in [-0.05, 0) is 47.0 Å². The Morgan fingerprint density at radius 3 is 2.50 bits per heavy atom. The van der Waals surface area contributed by atoms with Crippen LogP contribution in [0.15, 0.2) is 22.7 Å². The predicted molar refractivity (Wildman–Crippen MR) is 78.3 cm³/mol. The van der Waals surface area contributed by atoms with Gasteiger partial charge in [-0.2, -0.15) is 13.2 Å². The summed E-state index contributed by atoms with van der Waals surface area (Å²) in [7, 11) is 0. The van der Waals surface area contributed by atoms with Crippen LogP contribution < -0.4 is 5.32 Å². The fraction of sp³-hybridized carbons (Fsp3) is 0.538. The molecule has 7 heteroatoms. The Bertz CT molecular complexity index is 459. The van der Waals surface area contributed by atoms with Gasteiger partial charge < -0.3 is 5.32 Å². The van der Waals surface area contributed by atoms with E-state index in [-0.39, 0.29) is 6.04 Å². The summed E-state index contributed by atoms with van der Waals surface area (Å²) in [5.41, 5.74) is 0.920. The van der Waals surface area contributed by atoms with Gasteiger partial charge in [-0.25, -0.2) is 0 Å². The molecule has 1 aliphatic heterocycles. The van der Waals surface area contributed by atoms with Crippen LogP contribution in [-0.4, -0.2) is 36.8 Å². The van der Waals surface area contributed by atoms with Gasteiger partial charge in [-0.15, -0.1) is 0 Å². The van der Waals surface area contributed by atoms with Crippen molar-refractivity contribution in [1.82, 2.24) is 4.90 Å². The van der Waals surface area contributed by atoms with Gasteiger partial charge in [0.2, 0.25) is 0 Å². The van der Waals surface area contributed by atoms with E-state index in [4.69, 9.17) is 11.6 Å². The highest BCUT2D eigenvalue weighted by Crippen LogP contribution is 2.28. The van der Waals surface area contributed by atoms with Gasteiger partial charge in [0.25, 0.3) is 0 Å². The maximum Gasteiger partial charge on any atom is 0.401 e. The predicted octanol–water partition coefficient (Wildman–Crippen LogP) is 4.54. The molecule has 0 atom stereocenters. The second-order valence-corrected chi connectivity index (χ2v) is 6.22. The van der Waals surface area contributed by atoms with Crippen LogP contribution in [0.1, 0.15) is 12.8 Å². The quantitative estimate of drug-likeness (QED) is 0.839. The van der Waals surface area contributed by atoms with Crippen LogP contribution in [0.3, 0.4) is 0 Å². The van der Waals surface area contributed by atoms with E-state index in [0.29, 0.717) is 31.0 Å². The van der Waals surface area contributed by atoms with E-state index in [1.165, 1.54) is 4.90 Å². The van der Waals surface area contributed by atoms with Crippen molar-refractivity contribution in [1.29, 1.82) is 0 Å². The number of anilines is 1. The summed E-state index contributed by atoms with van der Waals surface area (Å²) in [6.45, 7) is 0.106. The zero-order valence-corrected chi connectivity index (χ0v) is 13.0. The van der Waals surface area contributed by atoms with E-state index < -0.39 is 12.7 Å². The molecule has 0 aromatic heterocycles. The average molecular weight is 372 g/mol. The lowest BCUT2D eigenvalue weighted by molar-refractivity contribution is -0.147. The Labute approximate surface area is 129 Å². The highest BCUT2D eigenvalue weighted by Gasteiger charge is 2.32. The van der Waals surface area contributed by atoms with Crippen molar-refractivity contribution in [2.45, 2.75) is 25.1 Å². The zero-order chi connectivity index (χ0) is 14.8. The van der Waals surface area contributed by atoms with Gasteiger partial charge in [0.1, 0.15) is 0 Å². The van der Waals surface area contributed by atoms with Crippen molar-refractivity contribution in [3.8, 4) is 0 Å². The molecule has 1 N–H and O–H groups in total. The Hall–Kier alpha value is -0.460. The largest absolute Gasteiger partial charge is 0.401 e. The number of benzene rings is 1. The maximum atomic E-state index is 12.3. The minimum Gasteiger partial charge on any atom is -0.381 e. The SMILES string of the molecule is FC(F)(F)CN1CCC(Nc2ccc(Cl)cc2Br)CC1. The van der Waals surface area contributed by atoms with Crippen molar-refractivity contribution in [3.05, 3.63) is 27.7 Å². The molecule has 1 aliphatic rings. The average Bonchev–Trinajstić information content (AvgIpc) is 2.33. The van der Waals surface area contributed by atoms with Gasteiger partial charge in [0.15, 0.2) is 0 Å². The molecule has 112 valence electrons. The Morgan fingerprint density at radius 2 is 1.95 bits per heavy atom. The van der Waals surface area contributed by atoms with Crippen LogP contribution in [0.2, 0.25) is 5.02 Å². The topological polar surface area (TPSA) is 15.3 Å².